The van der Waals surface area contributed by atoms with Crippen LogP contribution in [0.1, 0.15) is 40.1 Å². The Hall–Kier alpha value is -1.85. The summed E-state index contributed by atoms with van der Waals surface area (Å²) < 4.78 is 5.96. The minimum Gasteiger partial charge on any atom is -0.492 e. The van der Waals surface area contributed by atoms with Gasteiger partial charge in [0.1, 0.15) is 12.4 Å². The summed E-state index contributed by atoms with van der Waals surface area (Å²) in [5.41, 5.74) is 2.45. The van der Waals surface area contributed by atoms with Crippen molar-refractivity contribution < 1.29 is 9.53 Å². The molecule has 2 heterocycles. The lowest BCUT2D eigenvalue weighted by Crippen LogP contribution is -2.25. The van der Waals surface area contributed by atoms with E-state index in [0.29, 0.717) is 6.42 Å². The van der Waals surface area contributed by atoms with Gasteiger partial charge in [-0.1, -0.05) is 12.1 Å². The Morgan fingerprint density at radius 3 is 2.96 bits per heavy atom. The zero-order valence-corrected chi connectivity index (χ0v) is 16.8. The van der Waals surface area contributed by atoms with Crippen LogP contribution in [0.3, 0.4) is 0 Å². The van der Waals surface area contributed by atoms with Gasteiger partial charge in [-0.15, -0.1) is 11.3 Å². The zero-order valence-electron chi connectivity index (χ0n) is 16.0. The van der Waals surface area contributed by atoms with Crippen LogP contribution < -0.4 is 10.1 Å². The fraction of sp³-hybridized carbons (Fsp3) is 0.500. The Morgan fingerprint density at radius 1 is 1.30 bits per heavy atom. The van der Waals surface area contributed by atoms with E-state index in [-0.39, 0.29) is 5.91 Å². The molecule has 0 bridgehead atoms. The minimum absolute atomic E-state index is 0.169. The van der Waals surface area contributed by atoms with Crippen molar-refractivity contribution in [3.63, 3.8) is 0 Å². The van der Waals surface area contributed by atoms with Gasteiger partial charge in [-0.05, 0) is 55.9 Å². The second kappa shape index (κ2) is 8.44. The lowest BCUT2D eigenvalue weighted by molar-refractivity contribution is -0.121. The molecule has 0 spiro atoms. The van der Waals surface area contributed by atoms with Gasteiger partial charge in [0.15, 0.2) is 0 Å². The molecule has 2 aromatic rings. The van der Waals surface area contributed by atoms with Gasteiger partial charge in [-0.2, -0.15) is 0 Å². The summed E-state index contributed by atoms with van der Waals surface area (Å²) in [5, 5.41) is 3.05. The number of hydrogen-bond acceptors (Lipinski definition) is 4. The summed E-state index contributed by atoms with van der Waals surface area (Å²) >= 11 is 1.87. The highest BCUT2D eigenvalue weighted by atomic mass is 32.1. The molecule has 1 N–H and O–H groups in total. The number of ether oxygens (including phenoxy) is 1. The quantitative estimate of drug-likeness (QED) is 0.787. The number of hydrogen-bond donors (Lipinski definition) is 1. The third-order valence-electron chi connectivity index (χ3n) is 5.28. The molecule has 1 saturated carbocycles. The number of carbonyl (C=O) groups excluding carboxylic acids is 1. The molecular weight excluding hydrogens is 356 g/mol. The van der Waals surface area contributed by atoms with Gasteiger partial charge >= 0.3 is 0 Å². The number of amides is 1. The molecule has 0 atom stereocenters. The van der Waals surface area contributed by atoms with Crippen LogP contribution in [0.2, 0.25) is 0 Å². The van der Waals surface area contributed by atoms with Crippen LogP contribution in [-0.4, -0.2) is 30.5 Å². The van der Waals surface area contributed by atoms with E-state index in [2.05, 4.69) is 47.5 Å². The molecule has 0 radical (unpaired) electrons. The topological polar surface area (TPSA) is 41.6 Å². The molecule has 1 aliphatic heterocycles. The van der Waals surface area contributed by atoms with Gasteiger partial charge < -0.3 is 10.1 Å². The Kier molecular flexibility index (Phi) is 5.79. The molecule has 1 aliphatic carbocycles. The first-order chi connectivity index (χ1) is 13.2. The third kappa shape index (κ3) is 5.33. The van der Waals surface area contributed by atoms with Gasteiger partial charge in [0.25, 0.3) is 0 Å². The highest BCUT2D eigenvalue weighted by Crippen LogP contribution is 2.28. The highest BCUT2D eigenvalue weighted by Gasteiger charge is 2.21. The van der Waals surface area contributed by atoms with Crippen molar-refractivity contribution in [3.05, 3.63) is 51.2 Å². The van der Waals surface area contributed by atoms with Gasteiger partial charge in [0, 0.05) is 47.9 Å². The van der Waals surface area contributed by atoms with E-state index in [1.807, 2.05) is 11.3 Å². The molecule has 5 heteroatoms. The number of benzene rings is 1. The van der Waals surface area contributed by atoms with Crippen molar-refractivity contribution >= 4 is 17.2 Å². The van der Waals surface area contributed by atoms with E-state index in [4.69, 9.17) is 4.74 Å². The minimum atomic E-state index is 0.169. The van der Waals surface area contributed by atoms with E-state index < -0.39 is 0 Å². The SMILES string of the molecule is Cc1ccc(CN2CCOc3ccc(CCC(=O)NCC4CC4)cc3C2)s1. The summed E-state index contributed by atoms with van der Waals surface area (Å²) in [6.07, 6.45) is 3.89. The first-order valence-corrected chi connectivity index (χ1v) is 10.8. The molecule has 4 nitrogen and oxygen atoms in total. The fourth-order valence-corrected chi connectivity index (χ4v) is 4.44. The Balaban J connectivity index is 1.35. The lowest BCUT2D eigenvalue weighted by Gasteiger charge is -2.18. The van der Waals surface area contributed by atoms with Crippen molar-refractivity contribution in [1.82, 2.24) is 10.2 Å². The van der Waals surface area contributed by atoms with Crippen LogP contribution in [-0.2, 0) is 24.3 Å². The summed E-state index contributed by atoms with van der Waals surface area (Å²) in [6.45, 7) is 6.53. The van der Waals surface area contributed by atoms with Crippen LogP contribution in [0.15, 0.2) is 30.3 Å². The summed E-state index contributed by atoms with van der Waals surface area (Å²) in [6, 6.07) is 10.8. The molecule has 2 aliphatic rings. The molecule has 1 aromatic heterocycles. The molecule has 27 heavy (non-hydrogen) atoms. The lowest BCUT2D eigenvalue weighted by atomic mass is 10.0. The summed E-state index contributed by atoms with van der Waals surface area (Å²) in [5.74, 6) is 1.89. The van der Waals surface area contributed by atoms with Crippen molar-refractivity contribution in [3.8, 4) is 5.75 Å². The van der Waals surface area contributed by atoms with Crippen LogP contribution >= 0.6 is 11.3 Å². The smallest absolute Gasteiger partial charge is 0.220 e. The maximum atomic E-state index is 12.0. The predicted octanol–water partition coefficient (Wildman–Crippen LogP) is 3.91. The number of rotatable bonds is 7. The Morgan fingerprint density at radius 2 is 2.19 bits per heavy atom. The van der Waals surface area contributed by atoms with Crippen molar-refractivity contribution in [2.75, 3.05) is 19.7 Å². The highest BCUT2D eigenvalue weighted by molar-refractivity contribution is 7.11. The normalized spacial score (nSPS) is 17.1. The monoisotopic (exact) mass is 384 g/mol. The average Bonchev–Trinajstić information content (AvgIpc) is 3.43. The number of fused-ring (bicyclic) bond motifs is 1. The maximum Gasteiger partial charge on any atom is 0.220 e. The van der Waals surface area contributed by atoms with Crippen molar-refractivity contribution in [2.24, 2.45) is 5.92 Å². The molecule has 0 saturated heterocycles. The molecule has 1 fully saturated rings. The summed E-state index contributed by atoms with van der Waals surface area (Å²) in [7, 11) is 0. The number of thiophene rings is 1. The van der Waals surface area contributed by atoms with E-state index in [9.17, 15) is 4.79 Å². The molecule has 0 unspecified atom stereocenters. The average molecular weight is 385 g/mol. The predicted molar refractivity (Wildman–Crippen MR) is 109 cm³/mol. The number of nitrogens with zero attached hydrogens (tertiary/aromatic N) is 1. The van der Waals surface area contributed by atoms with Crippen LogP contribution in [0.25, 0.3) is 0 Å². The summed E-state index contributed by atoms with van der Waals surface area (Å²) in [4.78, 5) is 17.2. The van der Waals surface area contributed by atoms with E-state index in [1.54, 1.807) is 0 Å². The Bertz CT molecular complexity index is 797. The standard InChI is InChI=1S/C22H28N2O2S/c1-16-2-7-20(27-16)15-24-10-11-26-21-8-5-17(12-19(21)14-24)6-9-22(25)23-13-18-3-4-18/h2,5,7-8,12,18H,3-4,6,9-11,13-15H2,1H3,(H,23,25). The van der Waals surface area contributed by atoms with Gasteiger partial charge in [0.2, 0.25) is 5.91 Å². The second-order valence-electron chi connectivity index (χ2n) is 7.76. The Labute approximate surface area is 165 Å². The first kappa shape index (κ1) is 18.5. The molecule has 1 aromatic carbocycles. The van der Waals surface area contributed by atoms with Crippen molar-refractivity contribution in [2.45, 2.75) is 45.7 Å². The van der Waals surface area contributed by atoms with Crippen molar-refractivity contribution in [1.29, 1.82) is 0 Å². The van der Waals surface area contributed by atoms with Crippen LogP contribution in [0.5, 0.6) is 5.75 Å². The van der Waals surface area contributed by atoms with Crippen LogP contribution in [0, 0.1) is 12.8 Å². The molecular formula is C22H28N2O2S. The maximum absolute atomic E-state index is 12.0. The van der Waals surface area contributed by atoms with E-state index in [1.165, 1.54) is 33.7 Å². The van der Waals surface area contributed by atoms with Crippen LogP contribution in [0.4, 0.5) is 0 Å². The van der Waals surface area contributed by atoms with Gasteiger partial charge in [0.05, 0.1) is 0 Å². The fourth-order valence-electron chi connectivity index (χ4n) is 3.51. The van der Waals surface area contributed by atoms with E-state index in [0.717, 1.165) is 50.9 Å². The largest absolute Gasteiger partial charge is 0.492 e. The molecule has 144 valence electrons. The van der Waals surface area contributed by atoms with Gasteiger partial charge in [-0.25, -0.2) is 0 Å². The van der Waals surface area contributed by atoms with E-state index >= 15 is 0 Å². The molecule has 1 amide bonds. The second-order valence-corrected chi connectivity index (χ2v) is 9.13. The number of nitrogens with one attached hydrogen (secondary N) is 1. The first-order valence-electron chi connectivity index (χ1n) is 9.95. The van der Waals surface area contributed by atoms with Gasteiger partial charge in [-0.3, -0.25) is 9.69 Å². The molecule has 4 rings (SSSR count). The number of aryl methyl sites for hydroxylation is 2. The number of carbonyl (C=O) groups is 1. The zero-order chi connectivity index (χ0) is 18.6. The third-order valence-corrected chi connectivity index (χ3v) is 6.27.